The van der Waals surface area contributed by atoms with Gasteiger partial charge in [0.15, 0.2) is 0 Å². The molecule has 2 rings (SSSR count). The Labute approximate surface area is 120 Å². The fourth-order valence-electron chi connectivity index (χ4n) is 2.66. The van der Waals surface area contributed by atoms with Crippen LogP contribution in [-0.2, 0) is 9.53 Å². The topological polar surface area (TPSA) is 50.4 Å². The maximum Gasteiger partial charge on any atom is 0.224 e. The normalized spacial score (nSPS) is 22.3. The molecule has 4 heteroatoms. The summed E-state index contributed by atoms with van der Waals surface area (Å²) in [6, 6.07) is 8.36. The minimum atomic E-state index is 0.0410. The van der Waals surface area contributed by atoms with Crippen LogP contribution < -0.4 is 10.6 Å². The van der Waals surface area contributed by atoms with E-state index in [0.29, 0.717) is 18.6 Å². The molecule has 1 saturated carbocycles. The van der Waals surface area contributed by atoms with Crippen molar-refractivity contribution >= 4 is 17.3 Å². The van der Waals surface area contributed by atoms with Crippen LogP contribution in [0.25, 0.3) is 0 Å². The number of carbonyl (C=O) groups is 1. The lowest BCUT2D eigenvalue weighted by atomic mass is 9.92. The summed E-state index contributed by atoms with van der Waals surface area (Å²) < 4.78 is 5.45. The summed E-state index contributed by atoms with van der Waals surface area (Å²) in [5.74, 6) is 0.0410. The van der Waals surface area contributed by atoms with Crippen molar-refractivity contribution in [3.63, 3.8) is 0 Å². The molecule has 0 bridgehead atoms. The number of benzene rings is 1. The molecule has 0 aromatic heterocycles. The van der Waals surface area contributed by atoms with Crippen LogP contribution in [0, 0.1) is 0 Å². The molecule has 1 aromatic carbocycles. The predicted molar refractivity (Wildman–Crippen MR) is 82.0 cm³/mol. The van der Waals surface area contributed by atoms with Gasteiger partial charge in [-0.2, -0.15) is 0 Å². The van der Waals surface area contributed by atoms with Crippen LogP contribution in [0.3, 0.4) is 0 Å². The molecule has 2 N–H and O–H groups in total. The van der Waals surface area contributed by atoms with Crippen molar-refractivity contribution in [1.29, 1.82) is 0 Å². The average Bonchev–Trinajstić information content (AvgIpc) is 2.47. The first-order chi connectivity index (χ1) is 9.71. The van der Waals surface area contributed by atoms with Gasteiger partial charge in [-0.05, 0) is 43.9 Å². The van der Waals surface area contributed by atoms with Crippen molar-refractivity contribution in [2.75, 3.05) is 17.7 Å². The first-order valence-electron chi connectivity index (χ1n) is 7.40. The number of ether oxygens (including phenoxy) is 1. The van der Waals surface area contributed by atoms with E-state index < -0.39 is 0 Å². The summed E-state index contributed by atoms with van der Waals surface area (Å²) in [5, 5.41) is 6.43. The molecule has 2 atom stereocenters. The molecule has 0 aliphatic heterocycles. The molecule has 1 aliphatic rings. The van der Waals surface area contributed by atoms with Crippen LogP contribution in [0.4, 0.5) is 11.4 Å². The highest BCUT2D eigenvalue weighted by Crippen LogP contribution is 2.25. The number of hydrogen-bond acceptors (Lipinski definition) is 3. The minimum Gasteiger partial charge on any atom is -0.382 e. The molecular weight excluding hydrogens is 252 g/mol. The van der Waals surface area contributed by atoms with Gasteiger partial charge in [-0.15, -0.1) is 0 Å². The van der Waals surface area contributed by atoms with Crippen LogP contribution in [0.5, 0.6) is 0 Å². The molecule has 110 valence electrons. The Morgan fingerprint density at radius 2 is 2.15 bits per heavy atom. The van der Waals surface area contributed by atoms with Crippen LogP contribution in [0.15, 0.2) is 24.3 Å². The van der Waals surface area contributed by atoms with Crippen LogP contribution in [-0.4, -0.2) is 25.2 Å². The van der Waals surface area contributed by atoms with Gasteiger partial charge >= 0.3 is 0 Å². The van der Waals surface area contributed by atoms with Crippen LogP contribution in [0.1, 0.15) is 39.0 Å². The van der Waals surface area contributed by atoms with Gasteiger partial charge in [-0.25, -0.2) is 0 Å². The van der Waals surface area contributed by atoms with E-state index in [4.69, 9.17) is 4.74 Å². The Morgan fingerprint density at radius 3 is 2.90 bits per heavy atom. The first kappa shape index (κ1) is 14.9. The third-order valence-electron chi connectivity index (χ3n) is 3.80. The van der Waals surface area contributed by atoms with Crippen molar-refractivity contribution in [3.8, 4) is 0 Å². The molecule has 1 fully saturated rings. The highest BCUT2D eigenvalue weighted by molar-refractivity contribution is 5.90. The number of hydrogen-bond donors (Lipinski definition) is 2. The van der Waals surface area contributed by atoms with Gasteiger partial charge in [0, 0.05) is 30.9 Å². The molecule has 0 heterocycles. The zero-order valence-corrected chi connectivity index (χ0v) is 12.3. The molecular formula is C16H24N2O2. The largest absolute Gasteiger partial charge is 0.382 e. The molecule has 1 amide bonds. The summed E-state index contributed by atoms with van der Waals surface area (Å²) in [6.07, 6.45) is 5.43. The van der Waals surface area contributed by atoms with E-state index in [-0.39, 0.29) is 5.91 Å². The number of methoxy groups -OCH3 is 1. The van der Waals surface area contributed by atoms with E-state index in [1.54, 1.807) is 7.11 Å². The zero-order chi connectivity index (χ0) is 14.4. The van der Waals surface area contributed by atoms with Crippen molar-refractivity contribution in [2.24, 2.45) is 0 Å². The van der Waals surface area contributed by atoms with Crippen molar-refractivity contribution in [1.82, 2.24) is 0 Å². The Kier molecular flexibility index (Phi) is 5.41. The molecule has 20 heavy (non-hydrogen) atoms. The lowest BCUT2D eigenvalue weighted by Gasteiger charge is -2.29. The highest BCUT2D eigenvalue weighted by Gasteiger charge is 2.21. The molecule has 2 unspecified atom stereocenters. The molecule has 0 saturated heterocycles. The molecule has 4 nitrogen and oxygen atoms in total. The second-order valence-corrected chi connectivity index (χ2v) is 5.35. The van der Waals surface area contributed by atoms with Crippen molar-refractivity contribution in [2.45, 2.75) is 51.2 Å². The minimum absolute atomic E-state index is 0.0410. The molecule has 0 spiro atoms. The number of rotatable bonds is 5. The second-order valence-electron chi connectivity index (χ2n) is 5.35. The Hall–Kier alpha value is -1.55. The Bertz CT molecular complexity index is 448. The van der Waals surface area contributed by atoms with Gasteiger partial charge in [-0.1, -0.05) is 13.0 Å². The van der Waals surface area contributed by atoms with Gasteiger partial charge in [0.05, 0.1) is 6.10 Å². The fourth-order valence-corrected chi connectivity index (χ4v) is 2.66. The quantitative estimate of drug-likeness (QED) is 0.866. The van der Waals surface area contributed by atoms with E-state index in [2.05, 4.69) is 10.6 Å². The third kappa shape index (κ3) is 4.23. The Balaban J connectivity index is 1.95. The first-order valence-corrected chi connectivity index (χ1v) is 7.40. The van der Waals surface area contributed by atoms with Gasteiger partial charge in [-0.3, -0.25) is 4.79 Å². The lowest BCUT2D eigenvalue weighted by Crippen LogP contribution is -2.31. The average molecular weight is 276 g/mol. The molecule has 1 aromatic rings. The summed E-state index contributed by atoms with van der Waals surface area (Å²) >= 11 is 0. The van der Waals surface area contributed by atoms with Gasteiger partial charge < -0.3 is 15.4 Å². The van der Waals surface area contributed by atoms with Gasteiger partial charge in [0.25, 0.3) is 0 Å². The Morgan fingerprint density at radius 1 is 1.35 bits per heavy atom. The summed E-state index contributed by atoms with van der Waals surface area (Å²) in [7, 11) is 1.79. The van der Waals surface area contributed by atoms with Crippen molar-refractivity contribution in [3.05, 3.63) is 24.3 Å². The number of nitrogens with one attached hydrogen (secondary N) is 2. The van der Waals surface area contributed by atoms with Gasteiger partial charge in [0.1, 0.15) is 0 Å². The predicted octanol–water partition coefficient (Wildman–Crippen LogP) is 3.40. The van der Waals surface area contributed by atoms with E-state index in [1.165, 1.54) is 12.8 Å². The lowest BCUT2D eigenvalue weighted by molar-refractivity contribution is -0.115. The number of anilines is 2. The standard InChI is InChI=1S/C16H24N2O2/c1-3-16(19)18-13-7-4-6-12(10-13)17-14-8-5-9-15(11-14)20-2/h4,6-7,10,14-15,17H,3,5,8-9,11H2,1-2H3,(H,18,19). The second kappa shape index (κ2) is 7.29. The monoisotopic (exact) mass is 276 g/mol. The van der Waals surface area contributed by atoms with Crippen LogP contribution >= 0.6 is 0 Å². The molecule has 0 radical (unpaired) electrons. The van der Waals surface area contributed by atoms with E-state index in [0.717, 1.165) is 24.2 Å². The highest BCUT2D eigenvalue weighted by atomic mass is 16.5. The van der Waals surface area contributed by atoms with E-state index in [9.17, 15) is 4.79 Å². The maximum absolute atomic E-state index is 11.4. The summed E-state index contributed by atoms with van der Waals surface area (Å²) in [6.45, 7) is 1.85. The van der Waals surface area contributed by atoms with E-state index >= 15 is 0 Å². The maximum atomic E-state index is 11.4. The van der Waals surface area contributed by atoms with E-state index in [1.807, 2.05) is 31.2 Å². The van der Waals surface area contributed by atoms with Crippen molar-refractivity contribution < 1.29 is 9.53 Å². The fraction of sp³-hybridized carbons (Fsp3) is 0.562. The molecule has 1 aliphatic carbocycles. The number of amides is 1. The SMILES string of the molecule is CCC(=O)Nc1cccc(NC2CCCC(OC)C2)c1. The third-order valence-corrected chi connectivity index (χ3v) is 3.80. The van der Waals surface area contributed by atoms with Crippen LogP contribution in [0.2, 0.25) is 0 Å². The zero-order valence-electron chi connectivity index (χ0n) is 12.3. The summed E-state index contributed by atoms with van der Waals surface area (Å²) in [5.41, 5.74) is 1.90. The number of carbonyl (C=O) groups excluding carboxylic acids is 1. The van der Waals surface area contributed by atoms with Gasteiger partial charge in [0.2, 0.25) is 5.91 Å². The smallest absolute Gasteiger partial charge is 0.224 e. The summed E-state index contributed by atoms with van der Waals surface area (Å²) in [4.78, 5) is 11.4.